The lowest BCUT2D eigenvalue weighted by Crippen LogP contribution is -2.39. The molecule has 0 saturated carbocycles. The topological polar surface area (TPSA) is 71.1 Å². The van der Waals surface area contributed by atoms with Crippen molar-refractivity contribution in [3.63, 3.8) is 0 Å². The zero-order valence-electron chi connectivity index (χ0n) is 20.5. The first-order chi connectivity index (χ1) is 17.4. The van der Waals surface area contributed by atoms with Gasteiger partial charge in [-0.15, -0.1) is 11.3 Å². The Morgan fingerprint density at radius 2 is 1.92 bits per heavy atom. The van der Waals surface area contributed by atoms with E-state index in [1.165, 1.54) is 15.3 Å². The Morgan fingerprint density at radius 1 is 1.14 bits per heavy atom. The molecule has 4 rings (SSSR count). The molecule has 1 N–H and O–H groups in total. The lowest BCUT2D eigenvalue weighted by molar-refractivity contribution is -0.124. The van der Waals surface area contributed by atoms with E-state index in [4.69, 9.17) is 21.7 Å². The van der Waals surface area contributed by atoms with Crippen molar-refractivity contribution < 1.29 is 19.1 Å². The summed E-state index contributed by atoms with van der Waals surface area (Å²) in [5.74, 6) is 0.874. The van der Waals surface area contributed by atoms with Gasteiger partial charge in [0.2, 0.25) is 5.91 Å². The minimum atomic E-state index is -0.702. The summed E-state index contributed by atoms with van der Waals surface area (Å²) >= 11 is 7.46. The standard InChI is InChI=1S/C27H29N3O4S2/c1-4-34-21-10-8-19(9-11-21)28-25(31)17-23-26(32)30(20-6-5-7-22(16-20)33-3)27(35)29(23)14-12-24-18(2)13-15-36-24/h5-11,13,15-16,23H,4,12,14,17H2,1-3H3,(H,28,31). The summed E-state index contributed by atoms with van der Waals surface area (Å²) in [6, 6.07) is 15.8. The SMILES string of the molecule is CCOc1ccc(NC(=O)CC2C(=O)N(c3cccc(OC)c3)C(=S)N2CCc2sccc2C)cc1. The molecule has 2 heterocycles. The second-order valence-electron chi connectivity index (χ2n) is 8.35. The van der Waals surface area contributed by atoms with Gasteiger partial charge in [-0.3, -0.25) is 14.5 Å². The Labute approximate surface area is 220 Å². The summed E-state index contributed by atoms with van der Waals surface area (Å²) < 4.78 is 10.8. The van der Waals surface area contributed by atoms with Crippen molar-refractivity contribution in [2.24, 2.45) is 0 Å². The first-order valence-corrected chi connectivity index (χ1v) is 13.0. The summed E-state index contributed by atoms with van der Waals surface area (Å²) in [6.07, 6.45) is 0.718. The average molecular weight is 524 g/mol. The van der Waals surface area contributed by atoms with Crippen LogP contribution in [0.2, 0.25) is 0 Å². The maximum atomic E-state index is 13.6. The van der Waals surface area contributed by atoms with E-state index < -0.39 is 6.04 Å². The average Bonchev–Trinajstić information content (AvgIpc) is 3.38. The van der Waals surface area contributed by atoms with Crippen molar-refractivity contribution in [3.05, 3.63) is 70.4 Å². The molecule has 7 nitrogen and oxygen atoms in total. The van der Waals surface area contributed by atoms with Crippen molar-refractivity contribution in [2.45, 2.75) is 32.7 Å². The molecule has 188 valence electrons. The van der Waals surface area contributed by atoms with Gasteiger partial charge < -0.3 is 19.7 Å². The Bertz CT molecular complexity index is 1240. The van der Waals surface area contributed by atoms with Gasteiger partial charge in [-0.25, -0.2) is 0 Å². The lowest BCUT2D eigenvalue weighted by atomic mass is 10.1. The number of methoxy groups -OCH3 is 1. The third kappa shape index (κ3) is 5.68. The molecule has 36 heavy (non-hydrogen) atoms. The number of anilines is 2. The third-order valence-electron chi connectivity index (χ3n) is 6.01. The molecule has 0 aliphatic carbocycles. The molecular weight excluding hydrogens is 494 g/mol. The van der Waals surface area contributed by atoms with Crippen molar-refractivity contribution in [1.29, 1.82) is 0 Å². The predicted octanol–water partition coefficient (Wildman–Crippen LogP) is 5.04. The summed E-state index contributed by atoms with van der Waals surface area (Å²) in [5.41, 5.74) is 2.48. The molecule has 0 spiro atoms. The van der Waals surface area contributed by atoms with E-state index >= 15 is 0 Å². The minimum absolute atomic E-state index is 0.0178. The highest BCUT2D eigenvalue weighted by Gasteiger charge is 2.44. The van der Waals surface area contributed by atoms with Crippen LogP contribution in [0.15, 0.2) is 60.0 Å². The molecule has 1 fully saturated rings. The van der Waals surface area contributed by atoms with Gasteiger partial charge in [-0.05, 0) is 85.9 Å². The molecule has 9 heteroatoms. The van der Waals surface area contributed by atoms with E-state index in [2.05, 4.69) is 23.7 Å². The smallest absolute Gasteiger partial charge is 0.256 e. The third-order valence-corrected chi connectivity index (χ3v) is 7.51. The number of nitrogens with one attached hydrogen (secondary N) is 1. The first kappa shape index (κ1) is 25.7. The van der Waals surface area contributed by atoms with Gasteiger partial charge in [0.25, 0.3) is 5.91 Å². The molecule has 0 radical (unpaired) electrons. The number of thiocarbonyl (C=S) groups is 1. The molecule has 2 aromatic carbocycles. The van der Waals surface area contributed by atoms with Gasteiger partial charge in [-0.2, -0.15) is 0 Å². The minimum Gasteiger partial charge on any atom is -0.497 e. The highest BCUT2D eigenvalue weighted by atomic mass is 32.1. The zero-order chi connectivity index (χ0) is 25.7. The Hall–Kier alpha value is -3.43. The number of benzene rings is 2. The molecule has 1 atom stereocenters. The van der Waals surface area contributed by atoms with Gasteiger partial charge >= 0.3 is 0 Å². The second kappa shape index (κ2) is 11.5. The van der Waals surface area contributed by atoms with Crippen LogP contribution >= 0.6 is 23.6 Å². The van der Waals surface area contributed by atoms with Gasteiger partial charge in [0, 0.05) is 23.2 Å². The number of hydrogen-bond acceptors (Lipinski definition) is 6. The van der Waals surface area contributed by atoms with E-state index in [0.29, 0.717) is 35.4 Å². The fourth-order valence-corrected chi connectivity index (χ4v) is 5.46. The fourth-order valence-electron chi connectivity index (χ4n) is 4.15. The summed E-state index contributed by atoms with van der Waals surface area (Å²) in [6.45, 7) is 5.09. The summed E-state index contributed by atoms with van der Waals surface area (Å²) in [5, 5.41) is 5.34. The highest BCUT2D eigenvalue weighted by molar-refractivity contribution is 7.80. The highest BCUT2D eigenvalue weighted by Crippen LogP contribution is 2.30. The van der Waals surface area contributed by atoms with Crippen LogP contribution in [0.25, 0.3) is 0 Å². The first-order valence-electron chi connectivity index (χ1n) is 11.8. The molecular formula is C27H29N3O4S2. The van der Waals surface area contributed by atoms with Crippen LogP contribution in [0.4, 0.5) is 11.4 Å². The van der Waals surface area contributed by atoms with Crippen LogP contribution in [0.1, 0.15) is 23.8 Å². The van der Waals surface area contributed by atoms with Crippen molar-refractivity contribution in [1.82, 2.24) is 4.90 Å². The van der Waals surface area contributed by atoms with Crippen LogP contribution in [0.5, 0.6) is 11.5 Å². The molecule has 0 bridgehead atoms. The number of amides is 2. The van der Waals surface area contributed by atoms with Crippen LogP contribution in [-0.4, -0.2) is 48.1 Å². The van der Waals surface area contributed by atoms with Crippen molar-refractivity contribution in [2.75, 3.05) is 30.5 Å². The number of rotatable bonds is 10. The Balaban J connectivity index is 1.54. The fraction of sp³-hybridized carbons (Fsp3) is 0.296. The number of thiophene rings is 1. The number of carbonyl (C=O) groups excluding carboxylic acids is 2. The molecule has 1 aromatic heterocycles. The number of carbonyl (C=O) groups is 2. The Morgan fingerprint density at radius 3 is 2.58 bits per heavy atom. The maximum absolute atomic E-state index is 13.6. The van der Waals surface area contributed by atoms with Crippen LogP contribution in [-0.2, 0) is 16.0 Å². The van der Waals surface area contributed by atoms with Gasteiger partial charge in [-0.1, -0.05) is 6.07 Å². The molecule has 3 aromatic rings. The molecule has 1 aliphatic heterocycles. The van der Waals surface area contributed by atoms with Crippen LogP contribution < -0.4 is 19.7 Å². The summed E-state index contributed by atoms with van der Waals surface area (Å²) in [7, 11) is 1.58. The van der Waals surface area contributed by atoms with Crippen LogP contribution in [0.3, 0.4) is 0 Å². The van der Waals surface area contributed by atoms with Crippen molar-refractivity contribution >= 4 is 51.9 Å². The normalized spacial score (nSPS) is 15.4. The summed E-state index contributed by atoms with van der Waals surface area (Å²) in [4.78, 5) is 31.2. The lowest BCUT2D eigenvalue weighted by Gasteiger charge is -2.24. The number of aryl methyl sites for hydroxylation is 1. The maximum Gasteiger partial charge on any atom is 0.256 e. The van der Waals surface area contributed by atoms with E-state index in [1.807, 2.05) is 30.0 Å². The second-order valence-corrected chi connectivity index (χ2v) is 9.72. The van der Waals surface area contributed by atoms with Crippen molar-refractivity contribution in [3.8, 4) is 11.5 Å². The molecule has 1 aliphatic rings. The predicted molar refractivity (Wildman–Crippen MR) is 147 cm³/mol. The van der Waals surface area contributed by atoms with Gasteiger partial charge in [0.1, 0.15) is 17.5 Å². The largest absolute Gasteiger partial charge is 0.497 e. The van der Waals surface area contributed by atoms with E-state index in [9.17, 15) is 9.59 Å². The van der Waals surface area contributed by atoms with E-state index in [0.717, 1.165) is 12.2 Å². The number of ether oxygens (including phenoxy) is 2. The van der Waals surface area contributed by atoms with E-state index in [1.54, 1.807) is 48.8 Å². The molecule has 1 saturated heterocycles. The Kier molecular flexibility index (Phi) is 8.22. The van der Waals surface area contributed by atoms with Gasteiger partial charge in [0.15, 0.2) is 5.11 Å². The monoisotopic (exact) mass is 523 g/mol. The van der Waals surface area contributed by atoms with Gasteiger partial charge in [0.05, 0.1) is 25.8 Å². The zero-order valence-corrected chi connectivity index (χ0v) is 22.2. The molecule has 2 amide bonds. The van der Waals surface area contributed by atoms with E-state index in [-0.39, 0.29) is 18.2 Å². The quantitative estimate of drug-likeness (QED) is 0.376. The molecule has 1 unspecified atom stereocenters. The number of hydrogen-bond donors (Lipinski definition) is 1. The van der Waals surface area contributed by atoms with Crippen LogP contribution in [0, 0.1) is 6.92 Å². The number of nitrogens with zero attached hydrogens (tertiary/aromatic N) is 2.